The largest absolute Gasteiger partial charge is 0.504 e. The highest BCUT2D eigenvalue weighted by Gasteiger charge is 2.56. The van der Waals surface area contributed by atoms with E-state index in [2.05, 4.69) is 0 Å². The van der Waals surface area contributed by atoms with Gasteiger partial charge in [-0.15, -0.1) is 0 Å². The topological polar surface area (TPSA) is 132 Å². The molecule has 3 N–H and O–H groups in total. The van der Waals surface area contributed by atoms with Gasteiger partial charge in [0.1, 0.15) is 11.4 Å². The lowest BCUT2D eigenvalue weighted by molar-refractivity contribution is -0.169. The molecule has 2 heterocycles. The minimum Gasteiger partial charge on any atom is -0.504 e. The summed E-state index contributed by atoms with van der Waals surface area (Å²) in [5.41, 5.74) is -0.993. The van der Waals surface area contributed by atoms with Gasteiger partial charge in [-0.25, -0.2) is 9.59 Å². The normalized spacial score (nSPS) is 23.1. The number of esters is 2. The Balaban J connectivity index is 1.83. The van der Waals surface area contributed by atoms with Crippen LogP contribution < -0.4 is 4.74 Å². The minimum absolute atomic E-state index is 0.0669. The fourth-order valence-electron chi connectivity index (χ4n) is 4.37. The van der Waals surface area contributed by atoms with E-state index in [0.717, 1.165) is 5.56 Å². The maximum atomic E-state index is 13.1. The van der Waals surface area contributed by atoms with Gasteiger partial charge in [-0.2, -0.15) is 0 Å². The molecule has 0 saturated heterocycles. The summed E-state index contributed by atoms with van der Waals surface area (Å²) in [7, 11) is 2.44. The molecular weight excluding hydrogens is 444 g/mol. The third-order valence-electron chi connectivity index (χ3n) is 6.23. The van der Waals surface area contributed by atoms with E-state index in [4.69, 9.17) is 18.9 Å². The van der Waals surface area contributed by atoms with Gasteiger partial charge in [0.05, 0.1) is 25.9 Å². The lowest BCUT2D eigenvalue weighted by atomic mass is 9.82. The molecule has 0 amide bonds. The molecule has 2 aliphatic heterocycles. The Morgan fingerprint density at radius 1 is 1.09 bits per heavy atom. The average Bonchev–Trinajstić information content (AvgIpc) is 3.07. The SMILES string of the molecule is COC(=O)[C@]1(Cc2ccc3c(c2)C[C@H](O)C(C)(C)O3)OC(=O)C(OC)=C1c1ccc(O)c(O)c1. The molecule has 9 nitrogen and oxygen atoms in total. The van der Waals surface area contributed by atoms with Crippen LogP contribution in [0.5, 0.6) is 17.2 Å². The maximum absolute atomic E-state index is 13.1. The number of aliphatic hydroxyl groups is 1. The van der Waals surface area contributed by atoms with Gasteiger partial charge in [-0.1, -0.05) is 18.2 Å². The first-order valence-corrected chi connectivity index (χ1v) is 10.6. The summed E-state index contributed by atoms with van der Waals surface area (Å²) < 4.78 is 21.8. The Hall–Kier alpha value is -3.72. The number of carbonyl (C=O) groups is 2. The third kappa shape index (κ3) is 3.71. The summed E-state index contributed by atoms with van der Waals surface area (Å²) >= 11 is 0. The third-order valence-corrected chi connectivity index (χ3v) is 6.23. The number of rotatable bonds is 5. The monoisotopic (exact) mass is 470 g/mol. The van der Waals surface area contributed by atoms with E-state index in [1.807, 2.05) is 0 Å². The summed E-state index contributed by atoms with van der Waals surface area (Å²) in [5.74, 6) is -2.12. The molecule has 4 rings (SSSR count). The Bertz CT molecular complexity index is 1200. The van der Waals surface area contributed by atoms with Crippen LogP contribution in [-0.4, -0.2) is 58.8 Å². The molecule has 0 fully saturated rings. The summed E-state index contributed by atoms with van der Waals surface area (Å²) in [4.78, 5) is 25.9. The molecule has 2 atom stereocenters. The number of hydrogen-bond donors (Lipinski definition) is 3. The molecule has 34 heavy (non-hydrogen) atoms. The second-order valence-electron chi connectivity index (χ2n) is 8.86. The Morgan fingerprint density at radius 2 is 1.82 bits per heavy atom. The summed E-state index contributed by atoms with van der Waals surface area (Å²) in [5, 5.41) is 30.2. The fourth-order valence-corrected chi connectivity index (χ4v) is 4.37. The van der Waals surface area contributed by atoms with Crippen LogP contribution in [-0.2, 0) is 36.6 Å². The van der Waals surface area contributed by atoms with Crippen molar-refractivity contribution in [3.63, 3.8) is 0 Å². The predicted octanol–water partition coefficient (Wildman–Crippen LogP) is 2.24. The van der Waals surface area contributed by atoms with Gasteiger partial charge in [-0.3, -0.25) is 0 Å². The number of fused-ring (bicyclic) bond motifs is 1. The standard InChI is InChI=1S/C25H26O9/c1-24(2)19(28)11-15-9-13(5-8-18(15)33-24)12-25(23(30)32-4)20(21(31-3)22(29)34-25)14-6-7-16(26)17(27)10-14/h5-10,19,26-28H,11-12H2,1-4H3/t19-,25+/m0/s1. The van der Waals surface area contributed by atoms with Crippen molar-refractivity contribution in [1.82, 2.24) is 0 Å². The lowest BCUT2D eigenvalue weighted by Crippen LogP contribution is -2.46. The van der Waals surface area contributed by atoms with Crippen LogP contribution in [0, 0.1) is 0 Å². The first-order valence-electron chi connectivity index (χ1n) is 10.6. The first kappa shape index (κ1) is 23.4. The molecule has 0 bridgehead atoms. The molecule has 0 aromatic heterocycles. The second-order valence-corrected chi connectivity index (χ2v) is 8.86. The maximum Gasteiger partial charge on any atom is 0.375 e. The van der Waals surface area contributed by atoms with E-state index >= 15 is 0 Å². The van der Waals surface area contributed by atoms with Crippen molar-refractivity contribution in [2.75, 3.05) is 14.2 Å². The number of carbonyl (C=O) groups excluding carboxylic acids is 2. The fraction of sp³-hybridized carbons (Fsp3) is 0.360. The van der Waals surface area contributed by atoms with Gasteiger partial charge in [0.25, 0.3) is 0 Å². The van der Waals surface area contributed by atoms with Crippen LogP contribution in [0.1, 0.15) is 30.5 Å². The second kappa shape index (κ2) is 8.25. The van der Waals surface area contributed by atoms with Gasteiger partial charge in [0.2, 0.25) is 11.4 Å². The molecule has 2 aliphatic rings. The van der Waals surface area contributed by atoms with E-state index in [-0.39, 0.29) is 29.1 Å². The van der Waals surface area contributed by atoms with Crippen molar-refractivity contribution in [2.45, 2.75) is 44.0 Å². The van der Waals surface area contributed by atoms with E-state index in [1.54, 1.807) is 32.0 Å². The quantitative estimate of drug-likeness (QED) is 0.445. The van der Waals surface area contributed by atoms with Crippen molar-refractivity contribution >= 4 is 17.5 Å². The molecule has 0 aliphatic carbocycles. The number of phenols is 2. The van der Waals surface area contributed by atoms with E-state index < -0.39 is 35.0 Å². The zero-order valence-electron chi connectivity index (χ0n) is 19.2. The number of cyclic esters (lactones) is 1. The number of aromatic hydroxyl groups is 2. The van der Waals surface area contributed by atoms with Crippen LogP contribution in [0.15, 0.2) is 42.2 Å². The molecule has 2 aromatic carbocycles. The van der Waals surface area contributed by atoms with Crippen LogP contribution in [0.25, 0.3) is 5.57 Å². The highest BCUT2D eigenvalue weighted by molar-refractivity contribution is 6.11. The molecule has 0 radical (unpaired) electrons. The first-order chi connectivity index (χ1) is 16.0. The number of methoxy groups -OCH3 is 2. The van der Waals surface area contributed by atoms with E-state index in [0.29, 0.717) is 17.7 Å². The zero-order valence-corrected chi connectivity index (χ0v) is 19.2. The summed E-state index contributed by atoms with van der Waals surface area (Å²) in [6, 6.07) is 9.14. The van der Waals surface area contributed by atoms with Gasteiger partial charge in [-0.05, 0) is 48.7 Å². The van der Waals surface area contributed by atoms with Crippen molar-refractivity contribution in [3.05, 3.63) is 58.8 Å². The zero-order chi connectivity index (χ0) is 24.8. The summed E-state index contributed by atoms with van der Waals surface area (Å²) in [6.07, 6.45) is -0.495. The van der Waals surface area contributed by atoms with Crippen LogP contribution in [0.2, 0.25) is 0 Å². The molecule has 0 unspecified atom stereocenters. The average molecular weight is 470 g/mol. The molecule has 0 spiro atoms. The van der Waals surface area contributed by atoms with Crippen LogP contribution in [0.4, 0.5) is 0 Å². The number of ether oxygens (including phenoxy) is 4. The molecule has 2 aromatic rings. The Morgan fingerprint density at radius 3 is 2.47 bits per heavy atom. The predicted molar refractivity (Wildman–Crippen MR) is 119 cm³/mol. The van der Waals surface area contributed by atoms with Crippen LogP contribution >= 0.6 is 0 Å². The Kier molecular flexibility index (Phi) is 5.69. The Labute approximate surface area is 196 Å². The van der Waals surface area contributed by atoms with E-state index in [9.17, 15) is 24.9 Å². The lowest BCUT2D eigenvalue weighted by Gasteiger charge is -2.37. The van der Waals surface area contributed by atoms with Gasteiger partial charge < -0.3 is 34.3 Å². The summed E-state index contributed by atoms with van der Waals surface area (Å²) in [6.45, 7) is 3.60. The number of hydrogen-bond acceptors (Lipinski definition) is 9. The van der Waals surface area contributed by atoms with Gasteiger partial charge in [0.15, 0.2) is 11.5 Å². The number of phenolic OH excluding ortho intramolecular Hbond substituents is 2. The molecule has 0 saturated carbocycles. The highest BCUT2D eigenvalue weighted by atomic mass is 16.6. The molecule has 180 valence electrons. The number of aliphatic hydroxyl groups excluding tert-OH is 1. The van der Waals surface area contributed by atoms with E-state index in [1.165, 1.54) is 32.4 Å². The smallest absolute Gasteiger partial charge is 0.375 e. The van der Waals surface area contributed by atoms with Crippen LogP contribution in [0.3, 0.4) is 0 Å². The van der Waals surface area contributed by atoms with Gasteiger partial charge in [0, 0.05) is 12.8 Å². The number of benzene rings is 2. The molecular formula is C25H26O9. The van der Waals surface area contributed by atoms with Crippen molar-refractivity contribution in [2.24, 2.45) is 0 Å². The minimum atomic E-state index is -1.91. The van der Waals surface area contributed by atoms with Crippen molar-refractivity contribution < 1.29 is 43.9 Å². The van der Waals surface area contributed by atoms with Crippen molar-refractivity contribution in [1.29, 1.82) is 0 Å². The highest BCUT2D eigenvalue weighted by Crippen LogP contribution is 2.45. The molecule has 9 heteroatoms. The van der Waals surface area contributed by atoms with Gasteiger partial charge >= 0.3 is 11.9 Å². The van der Waals surface area contributed by atoms with Crippen molar-refractivity contribution in [3.8, 4) is 17.2 Å².